The molecule has 0 amide bonds. The first-order valence-corrected chi connectivity index (χ1v) is 6.32. The standard InChI is InChI=1S/C12H13BrF3NO2/c1-2-19-11(18)6-10(17)8-5-7(12(14,15)16)3-4-9(8)13/h3-5,10H,2,6,17H2,1H3/t10-/m0/s1. The summed E-state index contributed by atoms with van der Waals surface area (Å²) in [5, 5.41) is 0. The summed E-state index contributed by atoms with van der Waals surface area (Å²) < 4.78 is 42.9. The Bertz CT molecular complexity index is 463. The highest BCUT2D eigenvalue weighted by Crippen LogP contribution is 2.34. The molecule has 0 unspecified atom stereocenters. The van der Waals surface area contributed by atoms with E-state index in [-0.39, 0.29) is 18.6 Å². The molecule has 1 aromatic carbocycles. The second-order valence-electron chi connectivity index (χ2n) is 3.85. The summed E-state index contributed by atoms with van der Waals surface area (Å²) in [5.41, 5.74) is 5.16. The van der Waals surface area contributed by atoms with Gasteiger partial charge in [-0.3, -0.25) is 4.79 Å². The number of carbonyl (C=O) groups is 1. The lowest BCUT2D eigenvalue weighted by atomic mass is 10.0. The normalized spacial score (nSPS) is 13.2. The van der Waals surface area contributed by atoms with Crippen molar-refractivity contribution in [2.75, 3.05) is 6.61 Å². The molecule has 0 saturated carbocycles. The van der Waals surface area contributed by atoms with Crippen LogP contribution in [0.4, 0.5) is 13.2 Å². The van der Waals surface area contributed by atoms with Crippen LogP contribution in [-0.2, 0) is 15.7 Å². The highest BCUT2D eigenvalue weighted by atomic mass is 79.9. The summed E-state index contributed by atoms with van der Waals surface area (Å²) in [5.74, 6) is -0.542. The SMILES string of the molecule is CCOC(=O)C[C@H](N)c1cc(C(F)(F)F)ccc1Br. The Morgan fingerprint density at radius 2 is 2.11 bits per heavy atom. The van der Waals surface area contributed by atoms with E-state index in [1.807, 2.05) is 0 Å². The van der Waals surface area contributed by atoms with E-state index in [4.69, 9.17) is 10.5 Å². The minimum absolute atomic E-state index is 0.173. The predicted octanol–water partition coefficient (Wildman–Crippen LogP) is 3.42. The van der Waals surface area contributed by atoms with Crippen molar-refractivity contribution in [1.82, 2.24) is 0 Å². The van der Waals surface area contributed by atoms with Crippen LogP contribution in [0.5, 0.6) is 0 Å². The molecule has 7 heteroatoms. The smallest absolute Gasteiger partial charge is 0.416 e. The van der Waals surface area contributed by atoms with Gasteiger partial charge in [-0.1, -0.05) is 15.9 Å². The van der Waals surface area contributed by atoms with E-state index in [0.717, 1.165) is 12.1 Å². The topological polar surface area (TPSA) is 52.3 Å². The summed E-state index contributed by atoms with van der Waals surface area (Å²) in [6, 6.07) is 2.30. The van der Waals surface area contributed by atoms with Crippen LogP contribution in [0.25, 0.3) is 0 Å². The first kappa shape index (κ1) is 16.0. The predicted molar refractivity (Wildman–Crippen MR) is 67.3 cm³/mol. The molecule has 19 heavy (non-hydrogen) atoms. The van der Waals surface area contributed by atoms with Gasteiger partial charge in [0.25, 0.3) is 0 Å². The van der Waals surface area contributed by atoms with E-state index in [2.05, 4.69) is 15.9 Å². The summed E-state index contributed by atoms with van der Waals surface area (Å²) in [4.78, 5) is 11.3. The van der Waals surface area contributed by atoms with E-state index in [1.165, 1.54) is 6.07 Å². The van der Waals surface area contributed by atoms with Crippen molar-refractivity contribution < 1.29 is 22.7 Å². The molecule has 0 fully saturated rings. The number of alkyl halides is 3. The van der Waals surface area contributed by atoms with Crippen molar-refractivity contribution in [3.05, 3.63) is 33.8 Å². The third-order valence-corrected chi connectivity index (χ3v) is 3.14. The molecule has 2 N–H and O–H groups in total. The molecule has 0 saturated heterocycles. The van der Waals surface area contributed by atoms with Gasteiger partial charge < -0.3 is 10.5 Å². The van der Waals surface area contributed by atoms with Gasteiger partial charge in [0, 0.05) is 10.5 Å². The molecule has 106 valence electrons. The fourth-order valence-electron chi connectivity index (χ4n) is 1.51. The molecular formula is C12H13BrF3NO2. The molecule has 0 aromatic heterocycles. The number of hydrogen-bond acceptors (Lipinski definition) is 3. The number of halogens is 4. The maximum atomic E-state index is 12.6. The number of carbonyl (C=O) groups excluding carboxylic acids is 1. The van der Waals surface area contributed by atoms with Gasteiger partial charge in [0.2, 0.25) is 0 Å². The van der Waals surface area contributed by atoms with Crippen LogP contribution in [0.3, 0.4) is 0 Å². The van der Waals surface area contributed by atoms with E-state index in [0.29, 0.717) is 4.47 Å². The maximum absolute atomic E-state index is 12.6. The summed E-state index contributed by atoms with van der Waals surface area (Å²) in [7, 11) is 0. The molecular weight excluding hydrogens is 327 g/mol. The number of ether oxygens (including phenoxy) is 1. The second-order valence-corrected chi connectivity index (χ2v) is 4.70. The Labute approximate surface area is 117 Å². The molecule has 0 aliphatic rings. The molecule has 0 aliphatic heterocycles. The van der Waals surface area contributed by atoms with Crippen LogP contribution in [0, 0.1) is 0 Å². The average molecular weight is 340 g/mol. The van der Waals surface area contributed by atoms with Gasteiger partial charge in [-0.25, -0.2) is 0 Å². The maximum Gasteiger partial charge on any atom is 0.416 e. The molecule has 1 rings (SSSR count). The zero-order chi connectivity index (χ0) is 14.6. The van der Waals surface area contributed by atoms with E-state index in [1.54, 1.807) is 6.92 Å². The van der Waals surface area contributed by atoms with Crippen molar-refractivity contribution >= 4 is 21.9 Å². The van der Waals surface area contributed by atoms with Gasteiger partial charge in [-0.05, 0) is 30.7 Å². The lowest BCUT2D eigenvalue weighted by molar-refractivity contribution is -0.143. The van der Waals surface area contributed by atoms with Crippen molar-refractivity contribution in [3.8, 4) is 0 Å². The first-order valence-electron chi connectivity index (χ1n) is 5.53. The van der Waals surface area contributed by atoms with Gasteiger partial charge in [-0.15, -0.1) is 0 Å². The van der Waals surface area contributed by atoms with Crippen molar-refractivity contribution in [2.45, 2.75) is 25.6 Å². The molecule has 3 nitrogen and oxygen atoms in total. The molecule has 1 aromatic rings. The Hall–Kier alpha value is -1.08. The Morgan fingerprint density at radius 1 is 1.47 bits per heavy atom. The third kappa shape index (κ3) is 4.50. The molecule has 0 heterocycles. The summed E-state index contributed by atoms with van der Waals surface area (Å²) >= 11 is 3.13. The largest absolute Gasteiger partial charge is 0.466 e. The minimum atomic E-state index is -4.45. The Kier molecular flexibility index (Phi) is 5.37. The number of rotatable bonds is 4. The van der Waals surface area contributed by atoms with Crippen molar-refractivity contribution in [1.29, 1.82) is 0 Å². The monoisotopic (exact) mass is 339 g/mol. The van der Waals surface area contributed by atoms with Crippen LogP contribution in [0.15, 0.2) is 22.7 Å². The first-order chi connectivity index (χ1) is 8.75. The Balaban J connectivity index is 2.96. The molecule has 0 radical (unpaired) electrons. The van der Waals surface area contributed by atoms with Gasteiger partial charge in [0.15, 0.2) is 0 Å². The molecule has 1 atom stereocenters. The van der Waals surface area contributed by atoms with Crippen LogP contribution in [-0.4, -0.2) is 12.6 Å². The number of hydrogen-bond donors (Lipinski definition) is 1. The van der Waals surface area contributed by atoms with Gasteiger partial charge in [-0.2, -0.15) is 13.2 Å². The third-order valence-electron chi connectivity index (χ3n) is 2.41. The van der Waals surface area contributed by atoms with Gasteiger partial charge in [0.05, 0.1) is 18.6 Å². The molecule has 0 bridgehead atoms. The zero-order valence-corrected chi connectivity index (χ0v) is 11.7. The van der Waals surface area contributed by atoms with Crippen LogP contribution >= 0.6 is 15.9 Å². The molecule has 0 aliphatic carbocycles. The van der Waals surface area contributed by atoms with E-state index >= 15 is 0 Å². The van der Waals surface area contributed by atoms with Gasteiger partial charge in [0.1, 0.15) is 0 Å². The quantitative estimate of drug-likeness (QED) is 0.855. The zero-order valence-electron chi connectivity index (χ0n) is 10.1. The lowest BCUT2D eigenvalue weighted by Gasteiger charge is -2.15. The molecule has 0 spiro atoms. The minimum Gasteiger partial charge on any atom is -0.466 e. The van der Waals surface area contributed by atoms with Crippen molar-refractivity contribution in [3.63, 3.8) is 0 Å². The highest BCUT2D eigenvalue weighted by molar-refractivity contribution is 9.10. The fourth-order valence-corrected chi connectivity index (χ4v) is 2.05. The number of nitrogens with two attached hydrogens (primary N) is 1. The van der Waals surface area contributed by atoms with Crippen LogP contribution in [0.2, 0.25) is 0 Å². The van der Waals surface area contributed by atoms with Crippen molar-refractivity contribution in [2.24, 2.45) is 5.73 Å². The number of benzene rings is 1. The van der Waals surface area contributed by atoms with E-state index in [9.17, 15) is 18.0 Å². The highest BCUT2D eigenvalue weighted by Gasteiger charge is 2.31. The fraction of sp³-hybridized carbons (Fsp3) is 0.417. The van der Waals surface area contributed by atoms with Crippen LogP contribution < -0.4 is 5.73 Å². The summed E-state index contributed by atoms with van der Waals surface area (Å²) in [6.45, 7) is 1.85. The number of esters is 1. The lowest BCUT2D eigenvalue weighted by Crippen LogP contribution is -2.18. The second kappa shape index (κ2) is 6.38. The Morgan fingerprint density at radius 3 is 2.63 bits per heavy atom. The van der Waals surface area contributed by atoms with Crippen LogP contribution in [0.1, 0.15) is 30.5 Å². The summed E-state index contributed by atoms with van der Waals surface area (Å²) in [6.07, 6.45) is -4.62. The average Bonchev–Trinajstić information content (AvgIpc) is 2.27. The van der Waals surface area contributed by atoms with E-state index < -0.39 is 23.8 Å². The van der Waals surface area contributed by atoms with Gasteiger partial charge >= 0.3 is 12.1 Å².